The third kappa shape index (κ3) is 5.16. The Morgan fingerprint density at radius 3 is 2.56 bits per heavy atom. The number of alkyl halides is 3. The van der Waals surface area contributed by atoms with Crippen LogP contribution in [0.5, 0.6) is 0 Å². The molecule has 3 N–H and O–H groups in total. The standard InChI is InChI=1S/C24H28F3N5O2/c1-14(2)30-20-10-21(32-8-7-16-9-17(24(25,26)27)11-29-22(16)32)28-12-19(20)23(34)31-18-5-3-15(13-33)4-6-18/h7-12,14-15,18,33H,3-6,13H2,1-2H3,(H,28,30)(H,31,34)/t15-,18-. The summed E-state index contributed by atoms with van der Waals surface area (Å²) in [6.45, 7) is 4.07. The molecule has 1 amide bonds. The fraction of sp³-hybridized carbons (Fsp3) is 0.458. The Balaban J connectivity index is 1.61. The molecule has 34 heavy (non-hydrogen) atoms. The summed E-state index contributed by atoms with van der Waals surface area (Å²) >= 11 is 0. The molecule has 0 aliphatic heterocycles. The molecule has 0 spiro atoms. The SMILES string of the molecule is CC(C)Nc1cc(-n2ccc3cc(C(F)(F)F)cnc32)ncc1C(=O)N[C@H]1CC[C@H](CO)CC1. The van der Waals surface area contributed by atoms with Crippen molar-refractivity contribution in [2.24, 2.45) is 5.92 Å². The maximum absolute atomic E-state index is 13.0. The number of anilines is 1. The van der Waals surface area contributed by atoms with Gasteiger partial charge in [0.15, 0.2) is 0 Å². The molecule has 1 fully saturated rings. The zero-order valence-electron chi connectivity index (χ0n) is 19.1. The molecule has 1 aliphatic rings. The van der Waals surface area contributed by atoms with Crippen molar-refractivity contribution in [2.45, 2.75) is 57.8 Å². The van der Waals surface area contributed by atoms with Crippen LogP contribution in [0.2, 0.25) is 0 Å². The van der Waals surface area contributed by atoms with Crippen molar-refractivity contribution in [1.82, 2.24) is 19.9 Å². The molecular weight excluding hydrogens is 447 g/mol. The van der Waals surface area contributed by atoms with Gasteiger partial charge in [0.25, 0.3) is 5.91 Å². The van der Waals surface area contributed by atoms with E-state index in [0.717, 1.165) is 37.9 Å². The van der Waals surface area contributed by atoms with Crippen molar-refractivity contribution in [3.8, 4) is 5.82 Å². The van der Waals surface area contributed by atoms with Crippen LogP contribution in [0.4, 0.5) is 18.9 Å². The Hall–Kier alpha value is -3.14. The minimum atomic E-state index is -4.47. The summed E-state index contributed by atoms with van der Waals surface area (Å²) < 4.78 is 40.7. The highest BCUT2D eigenvalue weighted by Gasteiger charge is 2.31. The Morgan fingerprint density at radius 1 is 1.18 bits per heavy atom. The molecule has 10 heteroatoms. The van der Waals surface area contributed by atoms with Gasteiger partial charge in [0.1, 0.15) is 11.5 Å². The Labute approximate surface area is 195 Å². The Kier molecular flexibility index (Phi) is 6.79. The van der Waals surface area contributed by atoms with E-state index in [1.165, 1.54) is 6.20 Å². The Morgan fingerprint density at radius 2 is 1.91 bits per heavy atom. The molecular formula is C24H28F3N5O2. The lowest BCUT2D eigenvalue weighted by Crippen LogP contribution is -2.38. The van der Waals surface area contributed by atoms with Crippen LogP contribution in [0, 0.1) is 5.92 Å². The second kappa shape index (κ2) is 9.61. The van der Waals surface area contributed by atoms with Gasteiger partial charge in [-0.25, -0.2) is 9.97 Å². The van der Waals surface area contributed by atoms with Crippen LogP contribution in [-0.4, -0.2) is 44.2 Å². The molecule has 3 aromatic heterocycles. The van der Waals surface area contributed by atoms with Gasteiger partial charge < -0.3 is 15.7 Å². The maximum atomic E-state index is 13.0. The van der Waals surface area contributed by atoms with Crippen LogP contribution in [0.1, 0.15) is 55.5 Å². The van der Waals surface area contributed by atoms with Crippen LogP contribution in [0.15, 0.2) is 36.8 Å². The normalized spacial score (nSPS) is 18.9. The topological polar surface area (TPSA) is 92.1 Å². The molecule has 1 saturated carbocycles. The van der Waals surface area contributed by atoms with E-state index < -0.39 is 11.7 Å². The quantitative estimate of drug-likeness (QED) is 0.487. The van der Waals surface area contributed by atoms with Crippen LogP contribution < -0.4 is 10.6 Å². The average molecular weight is 476 g/mol. The number of nitrogens with zero attached hydrogens (tertiary/aromatic N) is 3. The van der Waals surface area contributed by atoms with E-state index in [1.54, 1.807) is 22.9 Å². The maximum Gasteiger partial charge on any atom is 0.417 e. The average Bonchev–Trinajstić information content (AvgIpc) is 3.22. The Bertz CT molecular complexity index is 1170. The van der Waals surface area contributed by atoms with E-state index in [9.17, 15) is 23.1 Å². The van der Waals surface area contributed by atoms with Crippen molar-refractivity contribution in [3.63, 3.8) is 0 Å². The number of hydrogen-bond donors (Lipinski definition) is 3. The molecule has 0 saturated heterocycles. The number of aliphatic hydroxyl groups excluding tert-OH is 1. The van der Waals surface area contributed by atoms with E-state index in [0.29, 0.717) is 34.0 Å². The predicted molar refractivity (Wildman–Crippen MR) is 123 cm³/mol. The second-order valence-corrected chi connectivity index (χ2v) is 9.08. The van der Waals surface area contributed by atoms with Crippen molar-refractivity contribution in [3.05, 3.63) is 47.9 Å². The zero-order chi connectivity index (χ0) is 24.5. The number of rotatable bonds is 6. The fourth-order valence-electron chi connectivity index (χ4n) is 4.30. The van der Waals surface area contributed by atoms with Crippen LogP contribution >= 0.6 is 0 Å². The van der Waals surface area contributed by atoms with E-state index >= 15 is 0 Å². The van der Waals surface area contributed by atoms with E-state index in [2.05, 4.69) is 20.6 Å². The van der Waals surface area contributed by atoms with Gasteiger partial charge in [0.2, 0.25) is 0 Å². The van der Waals surface area contributed by atoms with Crippen LogP contribution in [0.25, 0.3) is 16.9 Å². The summed E-state index contributed by atoms with van der Waals surface area (Å²) in [5.74, 6) is 0.495. The highest BCUT2D eigenvalue weighted by atomic mass is 19.4. The molecule has 0 unspecified atom stereocenters. The largest absolute Gasteiger partial charge is 0.417 e. The summed E-state index contributed by atoms with van der Waals surface area (Å²) in [7, 11) is 0. The van der Waals surface area contributed by atoms with Crippen LogP contribution in [-0.2, 0) is 6.18 Å². The van der Waals surface area contributed by atoms with Gasteiger partial charge in [0.05, 0.1) is 16.8 Å². The number of hydrogen-bond acceptors (Lipinski definition) is 5. The minimum Gasteiger partial charge on any atom is -0.396 e. The summed E-state index contributed by atoms with van der Waals surface area (Å²) in [6, 6.07) is 4.39. The molecule has 4 rings (SSSR count). The molecule has 3 aromatic rings. The predicted octanol–water partition coefficient (Wildman–Crippen LogP) is 4.54. The third-order valence-electron chi connectivity index (χ3n) is 6.12. The number of carbonyl (C=O) groups excluding carboxylic acids is 1. The lowest BCUT2D eigenvalue weighted by molar-refractivity contribution is -0.137. The summed E-state index contributed by atoms with van der Waals surface area (Å²) in [6.07, 6.45) is 2.80. The number of fused-ring (bicyclic) bond motifs is 1. The number of amides is 1. The number of aromatic nitrogens is 3. The van der Waals surface area contributed by atoms with Gasteiger partial charge in [0, 0.05) is 48.7 Å². The first-order valence-corrected chi connectivity index (χ1v) is 11.4. The van der Waals surface area contributed by atoms with Gasteiger partial charge in [-0.1, -0.05) is 0 Å². The van der Waals surface area contributed by atoms with E-state index in [1.807, 2.05) is 13.8 Å². The van der Waals surface area contributed by atoms with Gasteiger partial charge in [-0.05, 0) is 57.6 Å². The molecule has 0 radical (unpaired) electrons. The number of aliphatic hydroxyl groups is 1. The fourth-order valence-corrected chi connectivity index (χ4v) is 4.30. The van der Waals surface area contributed by atoms with Crippen molar-refractivity contribution in [1.29, 1.82) is 0 Å². The van der Waals surface area contributed by atoms with Gasteiger partial charge >= 0.3 is 6.18 Å². The highest BCUT2D eigenvalue weighted by Crippen LogP contribution is 2.31. The number of pyridine rings is 2. The van der Waals surface area contributed by atoms with Crippen molar-refractivity contribution >= 4 is 22.6 Å². The lowest BCUT2D eigenvalue weighted by Gasteiger charge is -2.28. The van der Waals surface area contributed by atoms with Crippen LogP contribution in [0.3, 0.4) is 0 Å². The summed E-state index contributed by atoms with van der Waals surface area (Å²) in [5, 5.41) is 16.0. The van der Waals surface area contributed by atoms with Crippen molar-refractivity contribution in [2.75, 3.05) is 11.9 Å². The first kappa shape index (κ1) is 24.0. The number of nitrogens with one attached hydrogen (secondary N) is 2. The molecule has 182 valence electrons. The summed E-state index contributed by atoms with van der Waals surface area (Å²) in [4.78, 5) is 21.5. The first-order valence-electron chi connectivity index (χ1n) is 11.4. The second-order valence-electron chi connectivity index (χ2n) is 9.08. The summed E-state index contributed by atoms with van der Waals surface area (Å²) in [5.41, 5.74) is 0.502. The molecule has 1 aliphatic carbocycles. The smallest absolute Gasteiger partial charge is 0.396 e. The number of halogens is 3. The highest BCUT2D eigenvalue weighted by molar-refractivity contribution is 5.99. The minimum absolute atomic E-state index is 0.0377. The lowest BCUT2D eigenvalue weighted by atomic mass is 9.86. The van der Waals surface area contributed by atoms with Gasteiger partial charge in [-0.3, -0.25) is 9.36 Å². The van der Waals surface area contributed by atoms with Crippen molar-refractivity contribution < 1.29 is 23.1 Å². The molecule has 0 atom stereocenters. The monoisotopic (exact) mass is 475 g/mol. The number of carbonyl (C=O) groups is 1. The molecule has 0 bridgehead atoms. The van der Waals surface area contributed by atoms with Gasteiger partial charge in [-0.2, -0.15) is 13.2 Å². The van der Waals surface area contributed by atoms with Gasteiger partial charge in [-0.15, -0.1) is 0 Å². The molecule has 7 nitrogen and oxygen atoms in total. The zero-order valence-corrected chi connectivity index (χ0v) is 19.1. The van der Waals surface area contributed by atoms with E-state index in [4.69, 9.17) is 0 Å². The third-order valence-corrected chi connectivity index (χ3v) is 6.12. The first-order chi connectivity index (χ1) is 16.2. The molecule has 3 heterocycles. The molecule has 0 aromatic carbocycles. The van der Waals surface area contributed by atoms with E-state index in [-0.39, 0.29) is 24.6 Å².